The fourth-order valence-electron chi connectivity index (χ4n) is 2.40. The van der Waals surface area contributed by atoms with Crippen molar-refractivity contribution in [1.29, 1.82) is 0 Å². The minimum Gasteiger partial charge on any atom is -0.352 e. The van der Waals surface area contributed by atoms with Gasteiger partial charge in [0, 0.05) is 12.1 Å². The number of hydrogen-bond donors (Lipinski definition) is 1. The van der Waals surface area contributed by atoms with Crippen molar-refractivity contribution in [3.63, 3.8) is 0 Å². The maximum Gasteiger partial charge on any atom is 0.416 e. The van der Waals surface area contributed by atoms with Crippen LogP contribution in [0.5, 0.6) is 0 Å². The first-order chi connectivity index (χ1) is 11.6. The lowest BCUT2D eigenvalue weighted by atomic mass is 9.86. The molecule has 2 aromatic rings. The van der Waals surface area contributed by atoms with Crippen LogP contribution in [-0.2, 0) is 18.0 Å². The predicted octanol–water partition coefficient (Wildman–Crippen LogP) is 4.98. The largest absolute Gasteiger partial charge is 0.416 e. The van der Waals surface area contributed by atoms with Crippen LogP contribution in [0.3, 0.4) is 0 Å². The van der Waals surface area contributed by atoms with Crippen molar-refractivity contribution in [3.8, 4) is 0 Å². The van der Waals surface area contributed by atoms with Crippen LogP contribution >= 0.6 is 0 Å². The van der Waals surface area contributed by atoms with Crippen LogP contribution in [0.2, 0.25) is 0 Å². The first-order valence-corrected chi connectivity index (χ1v) is 8.12. The van der Waals surface area contributed by atoms with Gasteiger partial charge in [-0.25, -0.2) is 0 Å². The van der Waals surface area contributed by atoms with E-state index in [0.717, 1.165) is 17.7 Å². The lowest BCUT2D eigenvalue weighted by Gasteiger charge is -2.19. The summed E-state index contributed by atoms with van der Waals surface area (Å²) in [6.07, 6.45) is -3.73. The van der Waals surface area contributed by atoms with E-state index in [4.69, 9.17) is 0 Å². The molecule has 0 aliphatic heterocycles. The SMILES string of the molecule is CC(C)(C)c1ccc(CCNC(=O)c2ccc(C(F)(F)F)cc2)cc1. The van der Waals surface area contributed by atoms with Crippen molar-refractivity contribution in [1.82, 2.24) is 5.32 Å². The van der Waals surface area contributed by atoms with E-state index >= 15 is 0 Å². The Morgan fingerprint density at radius 1 is 0.880 bits per heavy atom. The highest BCUT2D eigenvalue weighted by Crippen LogP contribution is 2.29. The van der Waals surface area contributed by atoms with Crippen molar-refractivity contribution < 1.29 is 18.0 Å². The molecule has 25 heavy (non-hydrogen) atoms. The molecule has 0 heterocycles. The second-order valence-corrected chi connectivity index (χ2v) is 7.03. The Labute approximate surface area is 146 Å². The summed E-state index contributed by atoms with van der Waals surface area (Å²) in [5.74, 6) is -0.375. The molecule has 0 saturated heterocycles. The number of rotatable bonds is 4. The highest BCUT2D eigenvalue weighted by atomic mass is 19.4. The summed E-state index contributed by atoms with van der Waals surface area (Å²) < 4.78 is 37.5. The van der Waals surface area contributed by atoms with E-state index in [-0.39, 0.29) is 16.9 Å². The molecule has 5 heteroatoms. The van der Waals surface area contributed by atoms with E-state index in [1.807, 2.05) is 12.1 Å². The molecule has 0 radical (unpaired) electrons. The number of nitrogens with one attached hydrogen (secondary N) is 1. The monoisotopic (exact) mass is 349 g/mol. The number of alkyl halides is 3. The van der Waals surface area contributed by atoms with Crippen LogP contribution in [-0.4, -0.2) is 12.5 Å². The average molecular weight is 349 g/mol. The minimum absolute atomic E-state index is 0.0926. The molecule has 0 unspecified atom stereocenters. The van der Waals surface area contributed by atoms with Crippen LogP contribution in [0.4, 0.5) is 13.2 Å². The zero-order valence-corrected chi connectivity index (χ0v) is 14.6. The molecule has 0 aliphatic carbocycles. The van der Waals surface area contributed by atoms with Gasteiger partial charge in [-0.05, 0) is 47.2 Å². The Bertz CT molecular complexity index is 711. The molecule has 2 nitrogen and oxygen atoms in total. The third kappa shape index (κ3) is 5.34. The Morgan fingerprint density at radius 3 is 1.88 bits per heavy atom. The van der Waals surface area contributed by atoms with E-state index in [0.29, 0.717) is 13.0 Å². The number of carbonyl (C=O) groups is 1. The summed E-state index contributed by atoms with van der Waals surface area (Å²) in [6, 6.07) is 12.4. The molecule has 0 aliphatic rings. The summed E-state index contributed by atoms with van der Waals surface area (Å²) in [6.45, 7) is 6.86. The Hall–Kier alpha value is -2.30. The van der Waals surface area contributed by atoms with Crippen molar-refractivity contribution in [2.24, 2.45) is 0 Å². The number of amides is 1. The summed E-state index contributed by atoms with van der Waals surface area (Å²) in [7, 11) is 0. The lowest BCUT2D eigenvalue weighted by molar-refractivity contribution is -0.137. The van der Waals surface area contributed by atoms with Crippen LogP contribution in [0, 0.1) is 0 Å². The summed E-state index contributed by atoms with van der Waals surface area (Å²) >= 11 is 0. The van der Waals surface area contributed by atoms with Gasteiger partial charge >= 0.3 is 6.18 Å². The predicted molar refractivity (Wildman–Crippen MR) is 92.6 cm³/mol. The molecule has 0 atom stereocenters. The van der Waals surface area contributed by atoms with E-state index < -0.39 is 11.7 Å². The third-order valence-electron chi connectivity index (χ3n) is 3.99. The Balaban J connectivity index is 1.88. The van der Waals surface area contributed by atoms with Crippen LogP contribution in [0.15, 0.2) is 48.5 Å². The van der Waals surface area contributed by atoms with E-state index in [1.54, 1.807) is 0 Å². The van der Waals surface area contributed by atoms with Gasteiger partial charge in [0.2, 0.25) is 0 Å². The maximum atomic E-state index is 12.5. The zero-order chi connectivity index (χ0) is 18.7. The van der Waals surface area contributed by atoms with Gasteiger partial charge in [-0.1, -0.05) is 45.0 Å². The first-order valence-electron chi connectivity index (χ1n) is 8.12. The van der Waals surface area contributed by atoms with Crippen LogP contribution in [0.1, 0.15) is 47.8 Å². The number of carbonyl (C=O) groups excluding carboxylic acids is 1. The molecule has 0 saturated carbocycles. The van der Waals surface area contributed by atoms with Crippen LogP contribution in [0.25, 0.3) is 0 Å². The van der Waals surface area contributed by atoms with Gasteiger partial charge in [0.05, 0.1) is 5.56 Å². The van der Waals surface area contributed by atoms with Gasteiger partial charge in [0.1, 0.15) is 0 Å². The molecule has 2 aromatic carbocycles. The van der Waals surface area contributed by atoms with Crippen molar-refractivity contribution in [2.45, 2.75) is 38.8 Å². The van der Waals surface area contributed by atoms with E-state index in [2.05, 4.69) is 38.2 Å². The molecule has 0 aromatic heterocycles. The number of halogens is 3. The van der Waals surface area contributed by atoms with Gasteiger partial charge in [-0.15, -0.1) is 0 Å². The van der Waals surface area contributed by atoms with Crippen molar-refractivity contribution in [3.05, 3.63) is 70.8 Å². The standard InChI is InChI=1S/C20H22F3NO/c1-19(2,3)16-8-4-14(5-9-16)12-13-24-18(25)15-6-10-17(11-7-15)20(21,22)23/h4-11H,12-13H2,1-3H3,(H,24,25). The second-order valence-electron chi connectivity index (χ2n) is 7.03. The first kappa shape index (κ1) is 19.0. The highest BCUT2D eigenvalue weighted by Gasteiger charge is 2.30. The lowest BCUT2D eigenvalue weighted by Crippen LogP contribution is -2.25. The van der Waals surface area contributed by atoms with Gasteiger partial charge in [0.15, 0.2) is 0 Å². The van der Waals surface area contributed by atoms with E-state index in [9.17, 15) is 18.0 Å². The molecule has 0 fully saturated rings. The smallest absolute Gasteiger partial charge is 0.352 e. The van der Waals surface area contributed by atoms with Crippen molar-refractivity contribution >= 4 is 5.91 Å². The minimum atomic E-state index is -4.39. The Kier molecular flexibility index (Phi) is 5.55. The average Bonchev–Trinajstić information content (AvgIpc) is 2.54. The number of hydrogen-bond acceptors (Lipinski definition) is 1. The quantitative estimate of drug-likeness (QED) is 0.829. The molecule has 1 amide bonds. The summed E-state index contributed by atoms with van der Waals surface area (Å²) in [5, 5.41) is 2.73. The molecule has 0 spiro atoms. The van der Waals surface area contributed by atoms with Gasteiger partial charge < -0.3 is 5.32 Å². The normalized spacial score (nSPS) is 12.1. The molecule has 1 N–H and O–H groups in total. The van der Waals surface area contributed by atoms with Crippen molar-refractivity contribution in [2.75, 3.05) is 6.54 Å². The number of benzene rings is 2. The molecule has 0 bridgehead atoms. The molecule has 2 rings (SSSR count). The summed E-state index contributed by atoms with van der Waals surface area (Å²) in [5.41, 5.74) is 1.89. The fourth-order valence-corrected chi connectivity index (χ4v) is 2.40. The summed E-state index contributed by atoms with van der Waals surface area (Å²) in [4.78, 5) is 12.0. The highest BCUT2D eigenvalue weighted by molar-refractivity contribution is 5.94. The molecular formula is C20H22F3NO. The third-order valence-corrected chi connectivity index (χ3v) is 3.99. The topological polar surface area (TPSA) is 29.1 Å². The van der Waals surface area contributed by atoms with Gasteiger partial charge in [0.25, 0.3) is 5.91 Å². The van der Waals surface area contributed by atoms with Gasteiger partial charge in [-0.3, -0.25) is 4.79 Å². The molecular weight excluding hydrogens is 327 g/mol. The zero-order valence-electron chi connectivity index (χ0n) is 14.6. The van der Waals surface area contributed by atoms with Gasteiger partial charge in [-0.2, -0.15) is 13.2 Å². The van der Waals surface area contributed by atoms with E-state index in [1.165, 1.54) is 17.7 Å². The maximum absolute atomic E-state index is 12.5. The van der Waals surface area contributed by atoms with Crippen LogP contribution < -0.4 is 5.32 Å². The molecule has 134 valence electrons. The Morgan fingerprint density at radius 2 is 1.40 bits per heavy atom. The fraction of sp³-hybridized carbons (Fsp3) is 0.350. The second kappa shape index (κ2) is 7.30.